The molecule has 0 radical (unpaired) electrons. The maximum absolute atomic E-state index is 12.7. The van der Waals surface area contributed by atoms with Gasteiger partial charge in [-0.25, -0.2) is 0 Å². The molecule has 0 saturated heterocycles. The number of carbonyl (C=O) groups is 1. The number of ether oxygens (including phenoxy) is 1. The molecule has 4 nitrogen and oxygen atoms in total. The zero-order chi connectivity index (χ0) is 18.1. The summed E-state index contributed by atoms with van der Waals surface area (Å²) in [6, 6.07) is 12.0. The highest BCUT2D eigenvalue weighted by atomic mass is 32.1. The summed E-state index contributed by atoms with van der Waals surface area (Å²) in [4.78, 5) is 14.6. The molecule has 0 aliphatic carbocycles. The fourth-order valence-corrected chi connectivity index (χ4v) is 4.43. The van der Waals surface area contributed by atoms with Crippen LogP contribution < -0.4 is 10.1 Å². The molecular formula is C21H21NO3S. The standard InChI is InChI=1S/C21H21NO3S/c1-13-5-3-7-17-19(13)20-15(12-25-17)11-18(26-20)21(23)22-14(2)8-9-16-6-4-10-24-16/h3-7,10-11,14H,8-9,12H2,1-2H3,(H,22,23). The molecule has 0 bridgehead atoms. The summed E-state index contributed by atoms with van der Waals surface area (Å²) in [6.07, 6.45) is 3.34. The molecule has 1 atom stereocenters. The van der Waals surface area contributed by atoms with Crippen molar-refractivity contribution in [2.45, 2.75) is 39.3 Å². The highest BCUT2D eigenvalue weighted by Gasteiger charge is 2.24. The molecule has 5 heteroatoms. The Labute approximate surface area is 156 Å². The zero-order valence-electron chi connectivity index (χ0n) is 14.9. The van der Waals surface area contributed by atoms with Crippen LogP contribution in [0.2, 0.25) is 0 Å². The first-order chi connectivity index (χ1) is 12.6. The summed E-state index contributed by atoms with van der Waals surface area (Å²) in [6.45, 7) is 4.62. The Hall–Kier alpha value is -2.53. The molecule has 26 heavy (non-hydrogen) atoms. The maximum Gasteiger partial charge on any atom is 0.261 e. The Balaban J connectivity index is 1.47. The molecule has 1 unspecified atom stereocenters. The van der Waals surface area contributed by atoms with Crippen LogP contribution in [0.25, 0.3) is 10.4 Å². The van der Waals surface area contributed by atoms with Gasteiger partial charge in [-0.1, -0.05) is 12.1 Å². The van der Waals surface area contributed by atoms with E-state index in [0.717, 1.165) is 45.2 Å². The molecule has 0 saturated carbocycles. The predicted octanol–water partition coefficient (Wildman–Crippen LogP) is 4.96. The molecule has 0 fully saturated rings. The molecule has 3 heterocycles. The van der Waals surface area contributed by atoms with Gasteiger partial charge in [0.05, 0.1) is 11.1 Å². The lowest BCUT2D eigenvalue weighted by molar-refractivity contribution is 0.0942. The molecule has 1 amide bonds. The third kappa shape index (κ3) is 3.27. The number of benzene rings is 1. The van der Waals surface area contributed by atoms with E-state index in [0.29, 0.717) is 6.61 Å². The minimum absolute atomic E-state index is 0.0218. The van der Waals surface area contributed by atoms with Crippen molar-refractivity contribution in [3.8, 4) is 16.2 Å². The van der Waals surface area contributed by atoms with E-state index in [1.165, 1.54) is 5.56 Å². The summed E-state index contributed by atoms with van der Waals surface area (Å²) >= 11 is 1.55. The number of carbonyl (C=O) groups excluding carboxylic acids is 1. The van der Waals surface area contributed by atoms with E-state index in [-0.39, 0.29) is 11.9 Å². The number of fused-ring (bicyclic) bond motifs is 3. The van der Waals surface area contributed by atoms with Crippen LogP contribution in [0.3, 0.4) is 0 Å². The quantitative estimate of drug-likeness (QED) is 0.693. The fourth-order valence-electron chi connectivity index (χ4n) is 3.25. The minimum atomic E-state index is -0.0218. The number of thiophene rings is 1. The number of hydrogen-bond acceptors (Lipinski definition) is 4. The number of rotatable bonds is 5. The van der Waals surface area contributed by atoms with Gasteiger partial charge in [-0.2, -0.15) is 0 Å². The number of aryl methyl sites for hydroxylation is 2. The fraction of sp³-hybridized carbons (Fsp3) is 0.286. The molecule has 0 spiro atoms. The molecule has 2 aromatic heterocycles. The van der Waals surface area contributed by atoms with Crippen LogP contribution in [0.1, 0.15) is 39.9 Å². The highest BCUT2D eigenvalue weighted by Crippen LogP contribution is 2.44. The number of furan rings is 1. The lowest BCUT2D eigenvalue weighted by Crippen LogP contribution is -2.32. The third-order valence-corrected chi connectivity index (χ3v) is 5.85. The highest BCUT2D eigenvalue weighted by molar-refractivity contribution is 7.17. The van der Waals surface area contributed by atoms with Crippen LogP contribution >= 0.6 is 11.3 Å². The SMILES string of the molecule is Cc1cccc2c1-c1sc(C(=O)NC(C)CCc3ccco3)cc1CO2. The van der Waals surface area contributed by atoms with E-state index < -0.39 is 0 Å². The van der Waals surface area contributed by atoms with Gasteiger partial charge in [0, 0.05) is 28.5 Å². The smallest absolute Gasteiger partial charge is 0.261 e. The van der Waals surface area contributed by atoms with Gasteiger partial charge in [-0.15, -0.1) is 11.3 Å². The van der Waals surface area contributed by atoms with E-state index >= 15 is 0 Å². The Kier molecular flexibility index (Phi) is 4.55. The summed E-state index contributed by atoms with van der Waals surface area (Å²) in [5.41, 5.74) is 3.37. The lowest BCUT2D eigenvalue weighted by atomic mass is 10.0. The molecule has 1 aliphatic heterocycles. The van der Waals surface area contributed by atoms with E-state index in [1.54, 1.807) is 17.6 Å². The van der Waals surface area contributed by atoms with E-state index in [2.05, 4.69) is 18.3 Å². The van der Waals surface area contributed by atoms with Crippen LogP contribution in [0.4, 0.5) is 0 Å². The molecule has 134 valence electrons. The molecule has 1 aliphatic rings. The second-order valence-electron chi connectivity index (χ2n) is 6.69. The summed E-state index contributed by atoms with van der Waals surface area (Å²) in [5, 5.41) is 3.10. The van der Waals surface area contributed by atoms with E-state index in [1.807, 2.05) is 37.3 Å². The number of nitrogens with one attached hydrogen (secondary N) is 1. The van der Waals surface area contributed by atoms with Gasteiger partial charge in [0.2, 0.25) is 0 Å². The minimum Gasteiger partial charge on any atom is -0.488 e. The number of hydrogen-bond donors (Lipinski definition) is 1. The normalized spacial score (nSPS) is 13.5. The van der Waals surface area contributed by atoms with E-state index in [4.69, 9.17) is 9.15 Å². The topological polar surface area (TPSA) is 51.5 Å². The number of amides is 1. The van der Waals surface area contributed by atoms with Crippen molar-refractivity contribution in [2.75, 3.05) is 0 Å². The summed E-state index contributed by atoms with van der Waals surface area (Å²) in [7, 11) is 0. The maximum atomic E-state index is 12.7. The Morgan fingerprint density at radius 1 is 1.31 bits per heavy atom. The van der Waals surface area contributed by atoms with Crippen LogP contribution in [0.15, 0.2) is 47.1 Å². The van der Waals surface area contributed by atoms with Crippen LogP contribution in [-0.2, 0) is 13.0 Å². The van der Waals surface area contributed by atoms with Gasteiger partial charge in [0.1, 0.15) is 18.1 Å². The van der Waals surface area contributed by atoms with Gasteiger partial charge in [0.25, 0.3) is 5.91 Å². The van der Waals surface area contributed by atoms with Crippen molar-refractivity contribution >= 4 is 17.2 Å². The van der Waals surface area contributed by atoms with Crippen molar-refractivity contribution in [3.63, 3.8) is 0 Å². The van der Waals surface area contributed by atoms with Crippen LogP contribution in [0.5, 0.6) is 5.75 Å². The molecule has 1 N–H and O–H groups in total. The third-order valence-electron chi connectivity index (χ3n) is 4.66. The monoisotopic (exact) mass is 367 g/mol. The van der Waals surface area contributed by atoms with Crippen molar-refractivity contribution in [3.05, 3.63) is 64.4 Å². The van der Waals surface area contributed by atoms with Crippen molar-refractivity contribution < 1.29 is 13.9 Å². The average molecular weight is 367 g/mol. The Morgan fingerprint density at radius 2 is 2.19 bits per heavy atom. The first kappa shape index (κ1) is 16.9. The van der Waals surface area contributed by atoms with Gasteiger partial charge in [-0.05, 0) is 50.1 Å². The first-order valence-corrected chi connectivity index (χ1v) is 9.62. The van der Waals surface area contributed by atoms with Crippen molar-refractivity contribution in [1.82, 2.24) is 5.32 Å². The largest absolute Gasteiger partial charge is 0.488 e. The van der Waals surface area contributed by atoms with Gasteiger partial charge in [0.15, 0.2) is 0 Å². The Morgan fingerprint density at radius 3 is 3.00 bits per heavy atom. The Bertz CT molecular complexity index is 927. The summed E-state index contributed by atoms with van der Waals surface area (Å²) < 4.78 is 11.2. The second-order valence-corrected chi connectivity index (χ2v) is 7.75. The van der Waals surface area contributed by atoms with Crippen LogP contribution in [-0.4, -0.2) is 11.9 Å². The first-order valence-electron chi connectivity index (χ1n) is 8.80. The molecule has 3 aromatic rings. The van der Waals surface area contributed by atoms with Gasteiger partial charge in [-0.3, -0.25) is 4.79 Å². The molecule has 1 aromatic carbocycles. The van der Waals surface area contributed by atoms with Gasteiger partial charge >= 0.3 is 0 Å². The predicted molar refractivity (Wildman–Crippen MR) is 103 cm³/mol. The molecule has 4 rings (SSSR count). The van der Waals surface area contributed by atoms with Crippen LogP contribution in [0, 0.1) is 6.92 Å². The summed E-state index contributed by atoms with van der Waals surface area (Å²) in [5.74, 6) is 1.83. The van der Waals surface area contributed by atoms with Crippen molar-refractivity contribution in [2.24, 2.45) is 0 Å². The zero-order valence-corrected chi connectivity index (χ0v) is 15.7. The average Bonchev–Trinajstić information content (AvgIpc) is 3.29. The van der Waals surface area contributed by atoms with Gasteiger partial charge < -0.3 is 14.5 Å². The molecular weight excluding hydrogens is 346 g/mol. The van der Waals surface area contributed by atoms with E-state index in [9.17, 15) is 4.79 Å². The second kappa shape index (κ2) is 7.00. The van der Waals surface area contributed by atoms with Crippen molar-refractivity contribution in [1.29, 1.82) is 0 Å². The lowest BCUT2D eigenvalue weighted by Gasteiger charge is -2.19.